The van der Waals surface area contributed by atoms with E-state index >= 15 is 0 Å². The summed E-state index contributed by atoms with van der Waals surface area (Å²) in [5, 5.41) is 66.9. The summed E-state index contributed by atoms with van der Waals surface area (Å²) < 4.78 is 10.6. The van der Waals surface area contributed by atoms with Gasteiger partial charge in [-0.3, -0.25) is 18.7 Å². The second-order valence-electron chi connectivity index (χ2n) is 14.1. The summed E-state index contributed by atoms with van der Waals surface area (Å²) in [4.78, 5) is 10.1. The van der Waals surface area contributed by atoms with Gasteiger partial charge in [-0.2, -0.15) is 30.6 Å². The lowest BCUT2D eigenvalue weighted by molar-refractivity contribution is 0.145. The average Bonchev–Trinajstić information content (AvgIpc) is 4.07. The van der Waals surface area contributed by atoms with Crippen LogP contribution >= 0.6 is 0 Å². The third kappa shape index (κ3) is 6.87. The number of aliphatic hydroxyl groups is 4. The molecule has 0 radical (unpaired) electrons. The molecule has 0 bridgehead atoms. The molecular weight excluding hydrogens is 717 g/mol. The van der Waals surface area contributed by atoms with Crippen LogP contribution in [0.3, 0.4) is 0 Å². The molecule has 8 heterocycles. The first-order chi connectivity index (χ1) is 27.3. The molecule has 0 aliphatic rings. The van der Waals surface area contributed by atoms with Crippen molar-refractivity contribution in [2.75, 3.05) is 26.4 Å². The predicted molar refractivity (Wildman–Crippen MR) is 205 cm³/mol. The minimum atomic E-state index is -0.612. The Labute approximate surface area is 320 Å². The van der Waals surface area contributed by atoms with E-state index in [2.05, 4.69) is 41.2 Å². The van der Waals surface area contributed by atoms with Gasteiger partial charge in [0.15, 0.2) is 0 Å². The van der Waals surface area contributed by atoms with E-state index in [1.54, 1.807) is 44.7 Å². The van der Waals surface area contributed by atoms with Crippen molar-refractivity contribution < 1.29 is 20.4 Å². The van der Waals surface area contributed by atoms with Crippen LogP contribution in [0.25, 0.3) is 56.1 Å². The molecule has 18 nitrogen and oxygen atoms in total. The standard InChI is InChI=1S/C38H44N14O4/c1-4-24(2)47-15-27(12-41-47)38-36-8-10-40-52(36)19-34(45-38)31-17-50(30(22-55)23-56)46-32(31)6-5-25(3)48-16-28(13-42-48)37-35-7-9-39-51(35)18-33(44-37)26-11-43-49(14-26)29(20-53)21-54/h7-19,24-25,29-30,53-56H,4-6,20-23H2,1-3H3/t24-,25+/m0/s1. The van der Waals surface area contributed by atoms with E-state index in [1.807, 2.05) is 58.7 Å². The highest BCUT2D eigenvalue weighted by atomic mass is 16.3. The fraction of sp³-hybridized carbons (Fsp3) is 0.368. The zero-order valence-corrected chi connectivity index (χ0v) is 31.3. The van der Waals surface area contributed by atoms with Gasteiger partial charge in [-0.15, -0.1) is 0 Å². The average molecular weight is 761 g/mol. The molecule has 0 amide bonds. The van der Waals surface area contributed by atoms with Gasteiger partial charge < -0.3 is 20.4 Å². The van der Waals surface area contributed by atoms with Gasteiger partial charge in [0.05, 0.1) is 121 Å². The molecule has 0 saturated carbocycles. The molecule has 56 heavy (non-hydrogen) atoms. The van der Waals surface area contributed by atoms with E-state index in [9.17, 15) is 20.4 Å². The van der Waals surface area contributed by atoms with E-state index in [1.165, 1.54) is 4.68 Å². The van der Waals surface area contributed by atoms with Crippen LogP contribution in [0.15, 0.2) is 80.3 Å². The van der Waals surface area contributed by atoms with Crippen molar-refractivity contribution in [1.29, 1.82) is 0 Å². The van der Waals surface area contributed by atoms with E-state index in [0.29, 0.717) is 35.5 Å². The molecule has 8 rings (SSSR count). The maximum Gasteiger partial charge on any atom is 0.0999 e. The smallest absolute Gasteiger partial charge is 0.0999 e. The number of aryl methyl sites for hydroxylation is 1. The molecule has 0 aliphatic carbocycles. The van der Waals surface area contributed by atoms with Crippen LogP contribution < -0.4 is 0 Å². The van der Waals surface area contributed by atoms with E-state index in [4.69, 9.17) is 20.2 Å². The quantitative estimate of drug-likeness (QED) is 0.112. The molecule has 0 fully saturated rings. The molecule has 0 unspecified atom stereocenters. The van der Waals surface area contributed by atoms with Crippen molar-refractivity contribution in [3.8, 4) is 45.0 Å². The monoisotopic (exact) mass is 760 g/mol. The number of hydrogen-bond donors (Lipinski definition) is 4. The molecule has 8 aromatic heterocycles. The van der Waals surface area contributed by atoms with Gasteiger partial charge in [-0.05, 0) is 45.2 Å². The fourth-order valence-corrected chi connectivity index (χ4v) is 6.75. The molecule has 18 heteroatoms. The maximum atomic E-state index is 10.1. The Morgan fingerprint density at radius 1 is 0.571 bits per heavy atom. The Morgan fingerprint density at radius 3 is 1.70 bits per heavy atom. The molecule has 8 aromatic rings. The third-order valence-corrected chi connectivity index (χ3v) is 10.4. The molecule has 4 N–H and O–H groups in total. The largest absolute Gasteiger partial charge is 0.394 e. The Bertz CT molecular complexity index is 2570. The minimum absolute atomic E-state index is 0.0482. The molecule has 0 spiro atoms. The Kier molecular flexibility index (Phi) is 10.3. The summed E-state index contributed by atoms with van der Waals surface area (Å²) >= 11 is 0. The lowest BCUT2D eigenvalue weighted by Crippen LogP contribution is -2.18. The van der Waals surface area contributed by atoms with Gasteiger partial charge in [0.25, 0.3) is 0 Å². The lowest BCUT2D eigenvalue weighted by atomic mass is 10.1. The van der Waals surface area contributed by atoms with Crippen molar-refractivity contribution in [2.24, 2.45) is 0 Å². The summed E-state index contributed by atoms with van der Waals surface area (Å²) in [6, 6.07) is 2.85. The van der Waals surface area contributed by atoms with Gasteiger partial charge in [0.2, 0.25) is 0 Å². The van der Waals surface area contributed by atoms with E-state index in [-0.39, 0.29) is 38.5 Å². The molecule has 0 saturated heterocycles. The van der Waals surface area contributed by atoms with Crippen LogP contribution in [0.1, 0.15) is 63.5 Å². The molecule has 0 aliphatic heterocycles. The zero-order valence-electron chi connectivity index (χ0n) is 31.3. The second kappa shape index (κ2) is 15.6. The second-order valence-corrected chi connectivity index (χ2v) is 14.1. The van der Waals surface area contributed by atoms with Crippen LogP contribution in [-0.4, -0.2) is 115 Å². The topological polar surface area (TPSA) is 213 Å². The lowest BCUT2D eigenvalue weighted by Gasteiger charge is -2.12. The van der Waals surface area contributed by atoms with Crippen molar-refractivity contribution in [3.63, 3.8) is 0 Å². The SMILES string of the molecule is CC[C@H](C)n1cc(-c2nc(-c3cn(C(CO)CO)nc3CC[C@@H](C)n3cc(-c4nc(-c5cnn(C(CO)CO)c5)cn5nccc45)cn3)cn3nccc23)cn1. The number of nitrogens with zero attached hydrogens (tertiary/aromatic N) is 14. The first kappa shape index (κ1) is 36.9. The van der Waals surface area contributed by atoms with Crippen LogP contribution in [0.4, 0.5) is 0 Å². The molecule has 290 valence electrons. The summed E-state index contributed by atoms with van der Waals surface area (Å²) in [7, 11) is 0. The highest BCUT2D eigenvalue weighted by molar-refractivity contribution is 5.79. The van der Waals surface area contributed by atoms with Crippen molar-refractivity contribution in [2.45, 2.75) is 64.2 Å². The Hall–Kier alpha value is -6.08. The normalized spacial score (nSPS) is 13.2. The van der Waals surface area contributed by atoms with Crippen LogP contribution in [0.2, 0.25) is 0 Å². The highest BCUT2D eigenvalue weighted by Gasteiger charge is 2.22. The summed E-state index contributed by atoms with van der Waals surface area (Å²) in [6.07, 6.45) is 22.1. The van der Waals surface area contributed by atoms with Gasteiger partial charge in [0.1, 0.15) is 0 Å². The van der Waals surface area contributed by atoms with Crippen LogP contribution in [-0.2, 0) is 6.42 Å². The summed E-state index contributed by atoms with van der Waals surface area (Å²) in [5.74, 6) is 0. The van der Waals surface area contributed by atoms with Crippen LogP contribution in [0, 0.1) is 0 Å². The van der Waals surface area contributed by atoms with Gasteiger partial charge in [0, 0.05) is 59.1 Å². The number of hydrogen-bond acceptors (Lipinski definition) is 12. The molecule has 0 aromatic carbocycles. The fourth-order valence-electron chi connectivity index (χ4n) is 6.75. The van der Waals surface area contributed by atoms with Gasteiger partial charge in [-0.25, -0.2) is 19.0 Å². The van der Waals surface area contributed by atoms with E-state index < -0.39 is 12.1 Å². The first-order valence-electron chi connectivity index (χ1n) is 18.7. The van der Waals surface area contributed by atoms with Crippen molar-refractivity contribution >= 4 is 11.0 Å². The Morgan fingerprint density at radius 2 is 1.09 bits per heavy atom. The highest BCUT2D eigenvalue weighted by Crippen LogP contribution is 2.32. The number of aromatic nitrogens is 14. The number of rotatable bonds is 16. The minimum Gasteiger partial charge on any atom is -0.394 e. The van der Waals surface area contributed by atoms with Crippen molar-refractivity contribution in [3.05, 3.63) is 86.0 Å². The Balaban J connectivity index is 1.08. The first-order valence-corrected chi connectivity index (χ1v) is 18.7. The summed E-state index contributed by atoms with van der Waals surface area (Å²) in [6.45, 7) is 5.30. The zero-order chi connectivity index (χ0) is 38.9. The maximum absolute atomic E-state index is 10.1. The van der Waals surface area contributed by atoms with Crippen molar-refractivity contribution in [1.82, 2.24) is 68.3 Å². The number of fused-ring (bicyclic) bond motifs is 2. The summed E-state index contributed by atoms with van der Waals surface area (Å²) in [5.41, 5.74) is 8.29. The van der Waals surface area contributed by atoms with Gasteiger partial charge >= 0.3 is 0 Å². The molecular formula is C38H44N14O4. The third-order valence-electron chi connectivity index (χ3n) is 10.4. The van der Waals surface area contributed by atoms with Gasteiger partial charge in [-0.1, -0.05) is 6.92 Å². The molecule has 2 atom stereocenters. The number of aliphatic hydroxyl groups excluding tert-OH is 4. The van der Waals surface area contributed by atoms with E-state index in [0.717, 1.165) is 45.5 Å². The van der Waals surface area contributed by atoms with Crippen LogP contribution in [0.5, 0.6) is 0 Å². The predicted octanol–water partition coefficient (Wildman–Crippen LogP) is 3.44.